The summed E-state index contributed by atoms with van der Waals surface area (Å²) in [6.45, 7) is 2.98. The Hall–Kier alpha value is -3.38. The summed E-state index contributed by atoms with van der Waals surface area (Å²) in [5.41, 5.74) is 2.51. The molecule has 3 aromatic carbocycles. The van der Waals surface area contributed by atoms with Crippen LogP contribution in [0.5, 0.6) is 17.2 Å². The summed E-state index contributed by atoms with van der Waals surface area (Å²) in [5.74, 6) is 1.30. The lowest BCUT2D eigenvalue weighted by molar-refractivity contribution is 0.0746. The van der Waals surface area contributed by atoms with E-state index in [0.717, 1.165) is 11.3 Å². The second-order valence-corrected chi connectivity index (χ2v) is 8.02. The van der Waals surface area contributed by atoms with Crippen molar-refractivity contribution in [3.8, 4) is 17.2 Å². The molecule has 3 aromatic rings. The van der Waals surface area contributed by atoms with Crippen LogP contribution in [0.25, 0.3) is 0 Å². The maximum atomic E-state index is 13.0. The molecule has 0 aliphatic carbocycles. The Balaban J connectivity index is 1.39. The number of aromatic hydroxyl groups is 1. The SMILES string of the molecule is COc1cc(C(=O)N2CCN(c3cccc(O)c3)CC2)ccc1OCc1ccc(Cl)cc1. The number of anilines is 1. The quantitative estimate of drug-likeness (QED) is 0.592. The van der Waals surface area contributed by atoms with Crippen molar-refractivity contribution in [3.05, 3.63) is 82.9 Å². The van der Waals surface area contributed by atoms with Gasteiger partial charge in [-0.3, -0.25) is 4.79 Å². The van der Waals surface area contributed by atoms with E-state index in [1.165, 1.54) is 0 Å². The van der Waals surface area contributed by atoms with Crippen LogP contribution in [0.15, 0.2) is 66.7 Å². The largest absolute Gasteiger partial charge is 0.508 e. The maximum absolute atomic E-state index is 13.0. The van der Waals surface area contributed by atoms with E-state index in [9.17, 15) is 9.90 Å². The molecular formula is C25H25ClN2O4. The third kappa shape index (κ3) is 5.08. The van der Waals surface area contributed by atoms with E-state index in [-0.39, 0.29) is 11.7 Å². The van der Waals surface area contributed by atoms with Gasteiger partial charge in [0.15, 0.2) is 11.5 Å². The number of methoxy groups -OCH3 is 1. The molecule has 1 heterocycles. The smallest absolute Gasteiger partial charge is 0.254 e. The van der Waals surface area contributed by atoms with Gasteiger partial charge in [-0.2, -0.15) is 0 Å². The maximum Gasteiger partial charge on any atom is 0.254 e. The summed E-state index contributed by atoms with van der Waals surface area (Å²) in [7, 11) is 1.56. The average molecular weight is 453 g/mol. The fourth-order valence-electron chi connectivity index (χ4n) is 3.70. The lowest BCUT2D eigenvalue weighted by Gasteiger charge is -2.36. The lowest BCUT2D eigenvalue weighted by atomic mass is 10.1. The second kappa shape index (κ2) is 9.83. The molecule has 166 valence electrons. The molecule has 1 amide bonds. The summed E-state index contributed by atoms with van der Waals surface area (Å²) in [5, 5.41) is 10.4. The first kappa shape index (κ1) is 21.8. The highest BCUT2D eigenvalue weighted by molar-refractivity contribution is 6.30. The number of rotatable bonds is 6. The van der Waals surface area contributed by atoms with Gasteiger partial charge in [-0.1, -0.05) is 29.8 Å². The highest BCUT2D eigenvalue weighted by Gasteiger charge is 2.23. The van der Waals surface area contributed by atoms with E-state index in [0.29, 0.717) is 54.9 Å². The summed E-state index contributed by atoms with van der Waals surface area (Å²) in [6, 6.07) is 19.9. The van der Waals surface area contributed by atoms with Gasteiger partial charge in [-0.05, 0) is 48.0 Å². The highest BCUT2D eigenvalue weighted by Crippen LogP contribution is 2.30. The van der Waals surface area contributed by atoms with Gasteiger partial charge < -0.3 is 24.4 Å². The number of carbonyl (C=O) groups is 1. The predicted octanol–water partition coefficient (Wildman–Crippen LogP) is 4.60. The van der Waals surface area contributed by atoms with Crippen molar-refractivity contribution >= 4 is 23.2 Å². The van der Waals surface area contributed by atoms with Crippen LogP contribution in [0, 0.1) is 0 Å². The van der Waals surface area contributed by atoms with Crippen molar-refractivity contribution in [2.24, 2.45) is 0 Å². The van der Waals surface area contributed by atoms with Gasteiger partial charge in [0, 0.05) is 48.5 Å². The van der Waals surface area contributed by atoms with E-state index in [1.807, 2.05) is 41.3 Å². The van der Waals surface area contributed by atoms with Gasteiger partial charge >= 0.3 is 0 Å². The summed E-state index contributed by atoms with van der Waals surface area (Å²) < 4.78 is 11.4. The topological polar surface area (TPSA) is 62.2 Å². The molecule has 0 saturated carbocycles. The third-order valence-corrected chi connectivity index (χ3v) is 5.73. The van der Waals surface area contributed by atoms with Gasteiger partial charge in [0.1, 0.15) is 12.4 Å². The Morgan fingerprint density at radius 3 is 2.41 bits per heavy atom. The van der Waals surface area contributed by atoms with E-state index < -0.39 is 0 Å². The van der Waals surface area contributed by atoms with Crippen LogP contribution in [0.2, 0.25) is 5.02 Å². The molecular weight excluding hydrogens is 428 g/mol. The highest BCUT2D eigenvalue weighted by atomic mass is 35.5. The zero-order chi connectivity index (χ0) is 22.5. The minimum atomic E-state index is -0.0388. The van der Waals surface area contributed by atoms with Crippen LogP contribution < -0.4 is 14.4 Å². The predicted molar refractivity (Wildman–Crippen MR) is 125 cm³/mol. The van der Waals surface area contributed by atoms with Crippen molar-refractivity contribution in [1.29, 1.82) is 0 Å². The molecule has 0 radical (unpaired) electrons. The van der Waals surface area contributed by atoms with Gasteiger partial charge in [-0.15, -0.1) is 0 Å². The van der Waals surface area contributed by atoms with Crippen LogP contribution in [0.1, 0.15) is 15.9 Å². The standard InChI is InChI=1S/C25H25ClN2O4/c1-31-24-15-19(7-10-23(24)32-17-18-5-8-20(26)9-6-18)25(30)28-13-11-27(12-14-28)21-3-2-4-22(29)16-21/h2-10,15-16,29H,11-14,17H2,1H3. The number of ether oxygens (including phenoxy) is 2. The molecule has 7 heteroatoms. The Bertz CT molecular complexity index is 1080. The third-order valence-electron chi connectivity index (χ3n) is 5.48. The van der Waals surface area contributed by atoms with E-state index >= 15 is 0 Å². The number of nitrogens with zero attached hydrogens (tertiary/aromatic N) is 2. The molecule has 0 bridgehead atoms. The summed E-state index contributed by atoms with van der Waals surface area (Å²) in [6.07, 6.45) is 0. The minimum Gasteiger partial charge on any atom is -0.508 e. The molecule has 0 aromatic heterocycles. The molecule has 1 fully saturated rings. The second-order valence-electron chi connectivity index (χ2n) is 7.58. The number of phenols is 1. The Morgan fingerprint density at radius 1 is 0.969 bits per heavy atom. The molecule has 1 saturated heterocycles. The molecule has 0 atom stereocenters. The average Bonchev–Trinajstić information content (AvgIpc) is 2.83. The van der Waals surface area contributed by atoms with Crippen molar-refractivity contribution in [3.63, 3.8) is 0 Å². The van der Waals surface area contributed by atoms with Crippen LogP contribution in [-0.2, 0) is 6.61 Å². The first-order chi connectivity index (χ1) is 15.5. The molecule has 0 spiro atoms. The summed E-state index contributed by atoms with van der Waals surface area (Å²) in [4.78, 5) is 17.0. The van der Waals surface area contributed by atoms with Gasteiger partial charge in [0.05, 0.1) is 7.11 Å². The number of hydrogen-bond donors (Lipinski definition) is 1. The van der Waals surface area contributed by atoms with E-state index in [1.54, 1.807) is 37.4 Å². The Morgan fingerprint density at radius 2 is 1.72 bits per heavy atom. The minimum absolute atomic E-state index is 0.0388. The number of amides is 1. The van der Waals surface area contributed by atoms with Crippen molar-refractivity contribution in [2.75, 3.05) is 38.2 Å². The molecule has 0 unspecified atom stereocenters. The number of benzene rings is 3. The molecule has 1 N–H and O–H groups in total. The summed E-state index contributed by atoms with van der Waals surface area (Å²) >= 11 is 5.92. The van der Waals surface area contributed by atoms with Gasteiger partial charge in [-0.25, -0.2) is 0 Å². The number of phenolic OH excluding ortho intramolecular Hbond substituents is 1. The number of hydrogen-bond acceptors (Lipinski definition) is 5. The van der Waals surface area contributed by atoms with Crippen molar-refractivity contribution < 1.29 is 19.4 Å². The van der Waals surface area contributed by atoms with Crippen molar-refractivity contribution in [2.45, 2.75) is 6.61 Å². The first-order valence-electron chi connectivity index (χ1n) is 10.4. The van der Waals surface area contributed by atoms with Gasteiger partial charge in [0.25, 0.3) is 5.91 Å². The van der Waals surface area contributed by atoms with Crippen LogP contribution in [0.3, 0.4) is 0 Å². The molecule has 6 nitrogen and oxygen atoms in total. The number of carbonyl (C=O) groups excluding carboxylic acids is 1. The normalized spacial score (nSPS) is 13.7. The van der Waals surface area contributed by atoms with Crippen LogP contribution >= 0.6 is 11.6 Å². The van der Waals surface area contributed by atoms with Crippen LogP contribution in [-0.4, -0.2) is 49.2 Å². The van der Waals surface area contributed by atoms with Gasteiger partial charge in [0.2, 0.25) is 0 Å². The zero-order valence-electron chi connectivity index (χ0n) is 17.8. The molecule has 4 rings (SSSR count). The van der Waals surface area contributed by atoms with Crippen LogP contribution in [0.4, 0.5) is 5.69 Å². The Labute approximate surface area is 192 Å². The fourth-order valence-corrected chi connectivity index (χ4v) is 3.83. The monoisotopic (exact) mass is 452 g/mol. The molecule has 1 aliphatic rings. The lowest BCUT2D eigenvalue weighted by Crippen LogP contribution is -2.48. The molecule has 32 heavy (non-hydrogen) atoms. The molecule has 1 aliphatic heterocycles. The van der Waals surface area contributed by atoms with Crippen molar-refractivity contribution in [1.82, 2.24) is 4.90 Å². The number of piperazine rings is 1. The van der Waals surface area contributed by atoms with E-state index in [2.05, 4.69) is 4.90 Å². The first-order valence-corrected chi connectivity index (χ1v) is 10.8. The Kier molecular flexibility index (Phi) is 6.71. The fraction of sp³-hybridized carbons (Fsp3) is 0.240. The van der Waals surface area contributed by atoms with E-state index in [4.69, 9.17) is 21.1 Å². The zero-order valence-corrected chi connectivity index (χ0v) is 18.6. The number of halogens is 1.